The fourth-order valence-corrected chi connectivity index (χ4v) is 3.15. The van der Waals surface area contributed by atoms with Gasteiger partial charge in [0.15, 0.2) is 22.5 Å². The Bertz CT molecular complexity index is 902. The van der Waals surface area contributed by atoms with Crippen LogP contribution in [0.3, 0.4) is 0 Å². The van der Waals surface area contributed by atoms with Crippen LogP contribution in [0.5, 0.6) is 11.5 Å². The number of hydrogen-bond donors (Lipinski definition) is 1. The van der Waals surface area contributed by atoms with Crippen molar-refractivity contribution in [3.8, 4) is 23.0 Å². The van der Waals surface area contributed by atoms with E-state index in [1.807, 2.05) is 41.4 Å². The Kier molecular flexibility index (Phi) is 3.66. The van der Waals surface area contributed by atoms with Gasteiger partial charge in [-0.15, -0.1) is 11.3 Å². The summed E-state index contributed by atoms with van der Waals surface area (Å²) in [5.41, 5.74) is 1.60. The number of fused-ring (bicyclic) bond motifs is 1. The van der Waals surface area contributed by atoms with Gasteiger partial charge >= 0.3 is 0 Å². The van der Waals surface area contributed by atoms with Crippen molar-refractivity contribution in [2.45, 2.75) is 6.42 Å². The van der Waals surface area contributed by atoms with Gasteiger partial charge in [0.25, 0.3) is 0 Å². The van der Waals surface area contributed by atoms with Gasteiger partial charge in [0.05, 0.1) is 6.42 Å². The third-order valence-corrected chi connectivity index (χ3v) is 4.36. The van der Waals surface area contributed by atoms with Crippen LogP contribution in [0.1, 0.15) is 5.56 Å². The molecule has 8 heteroatoms. The summed E-state index contributed by atoms with van der Waals surface area (Å²) in [5, 5.41) is 5.25. The van der Waals surface area contributed by atoms with Crippen LogP contribution in [0, 0.1) is 0 Å². The fourth-order valence-electron chi connectivity index (χ4n) is 2.45. The maximum atomic E-state index is 12.2. The van der Waals surface area contributed by atoms with Gasteiger partial charge in [-0.25, -0.2) is 9.97 Å². The predicted octanol–water partition coefficient (Wildman–Crippen LogP) is 2.45. The van der Waals surface area contributed by atoms with Gasteiger partial charge in [0, 0.05) is 24.8 Å². The predicted molar refractivity (Wildman–Crippen MR) is 89.2 cm³/mol. The smallest absolute Gasteiger partial charge is 0.231 e. The van der Waals surface area contributed by atoms with Crippen molar-refractivity contribution in [1.82, 2.24) is 14.5 Å². The molecular formula is C16H14N4O3S. The van der Waals surface area contributed by atoms with Crippen molar-refractivity contribution in [1.29, 1.82) is 0 Å². The maximum absolute atomic E-state index is 12.2. The van der Waals surface area contributed by atoms with E-state index in [0.29, 0.717) is 16.6 Å². The standard InChI is InChI=1S/C16H14N4O3S/c1-20-5-4-17-15(20)11-8-24-16(18-11)19-14(21)7-10-2-3-12-13(6-10)23-9-22-12/h2-6,8H,7,9H2,1H3,(H,18,19,21). The van der Waals surface area contributed by atoms with E-state index in [-0.39, 0.29) is 19.1 Å². The van der Waals surface area contributed by atoms with Crippen molar-refractivity contribution < 1.29 is 14.3 Å². The molecule has 4 rings (SSSR count). The number of rotatable bonds is 4. The Labute approximate surface area is 141 Å². The lowest BCUT2D eigenvalue weighted by molar-refractivity contribution is -0.115. The summed E-state index contributed by atoms with van der Waals surface area (Å²) in [7, 11) is 1.90. The average Bonchev–Trinajstić information content (AvgIpc) is 3.27. The second-order valence-electron chi connectivity index (χ2n) is 5.31. The number of anilines is 1. The molecule has 122 valence electrons. The van der Waals surface area contributed by atoms with Crippen LogP contribution in [0.4, 0.5) is 5.13 Å². The molecule has 0 radical (unpaired) electrons. The fraction of sp³-hybridized carbons (Fsp3) is 0.188. The van der Waals surface area contributed by atoms with Gasteiger partial charge in [-0.05, 0) is 17.7 Å². The minimum Gasteiger partial charge on any atom is -0.454 e. The highest BCUT2D eigenvalue weighted by Gasteiger charge is 2.15. The SMILES string of the molecule is Cn1ccnc1-c1csc(NC(=O)Cc2ccc3c(c2)OCO3)n1. The van der Waals surface area contributed by atoms with Crippen molar-refractivity contribution in [2.75, 3.05) is 12.1 Å². The molecule has 2 aromatic heterocycles. The molecule has 1 N–H and O–H groups in total. The summed E-state index contributed by atoms with van der Waals surface area (Å²) in [4.78, 5) is 20.9. The Morgan fingerprint density at radius 3 is 3.08 bits per heavy atom. The van der Waals surface area contributed by atoms with E-state index < -0.39 is 0 Å². The summed E-state index contributed by atoms with van der Waals surface area (Å²) in [6, 6.07) is 5.49. The maximum Gasteiger partial charge on any atom is 0.231 e. The Balaban J connectivity index is 1.43. The molecule has 0 saturated carbocycles. The molecule has 1 amide bonds. The van der Waals surface area contributed by atoms with E-state index in [4.69, 9.17) is 9.47 Å². The molecule has 0 fully saturated rings. The van der Waals surface area contributed by atoms with Gasteiger partial charge in [-0.1, -0.05) is 6.07 Å². The molecule has 1 aliphatic heterocycles. The Morgan fingerprint density at radius 2 is 2.25 bits per heavy atom. The molecule has 0 bridgehead atoms. The zero-order valence-corrected chi connectivity index (χ0v) is 13.7. The van der Waals surface area contributed by atoms with E-state index in [1.54, 1.807) is 6.20 Å². The number of nitrogens with one attached hydrogen (secondary N) is 1. The molecule has 1 aliphatic rings. The van der Waals surface area contributed by atoms with Crippen LogP contribution in [-0.2, 0) is 18.3 Å². The molecule has 1 aromatic carbocycles. The van der Waals surface area contributed by atoms with Crippen LogP contribution in [0.2, 0.25) is 0 Å². The summed E-state index contributed by atoms with van der Waals surface area (Å²) >= 11 is 1.37. The van der Waals surface area contributed by atoms with Gasteiger partial charge in [0.1, 0.15) is 5.69 Å². The number of nitrogens with zero attached hydrogens (tertiary/aromatic N) is 3. The lowest BCUT2D eigenvalue weighted by atomic mass is 10.1. The quantitative estimate of drug-likeness (QED) is 0.788. The molecule has 0 atom stereocenters. The molecular weight excluding hydrogens is 328 g/mol. The van der Waals surface area contributed by atoms with E-state index in [2.05, 4.69) is 15.3 Å². The van der Waals surface area contributed by atoms with Crippen molar-refractivity contribution in [3.05, 3.63) is 41.5 Å². The van der Waals surface area contributed by atoms with E-state index in [0.717, 1.165) is 17.1 Å². The lowest BCUT2D eigenvalue weighted by Crippen LogP contribution is -2.14. The Morgan fingerprint density at radius 1 is 1.38 bits per heavy atom. The molecule has 0 aliphatic carbocycles. The van der Waals surface area contributed by atoms with Crippen molar-refractivity contribution >= 4 is 22.4 Å². The number of thiazole rings is 1. The second-order valence-corrected chi connectivity index (χ2v) is 6.17. The largest absolute Gasteiger partial charge is 0.454 e. The van der Waals surface area contributed by atoms with Crippen LogP contribution < -0.4 is 14.8 Å². The third kappa shape index (κ3) is 2.83. The van der Waals surface area contributed by atoms with Gasteiger partial charge in [0.2, 0.25) is 12.7 Å². The molecule has 0 spiro atoms. The second kappa shape index (κ2) is 5.97. The number of hydrogen-bond acceptors (Lipinski definition) is 6. The number of imidazole rings is 1. The minimum atomic E-state index is -0.130. The van der Waals surface area contributed by atoms with Crippen molar-refractivity contribution in [3.63, 3.8) is 0 Å². The average molecular weight is 342 g/mol. The van der Waals surface area contributed by atoms with Gasteiger partial charge in [-0.3, -0.25) is 4.79 Å². The molecule has 0 unspecified atom stereocenters. The summed E-state index contributed by atoms with van der Waals surface area (Å²) < 4.78 is 12.5. The van der Waals surface area contributed by atoms with Crippen molar-refractivity contribution in [2.24, 2.45) is 7.05 Å². The minimum absolute atomic E-state index is 0.130. The number of ether oxygens (including phenoxy) is 2. The van der Waals surface area contributed by atoms with Gasteiger partial charge < -0.3 is 19.4 Å². The van der Waals surface area contributed by atoms with E-state index in [1.165, 1.54) is 11.3 Å². The highest BCUT2D eigenvalue weighted by atomic mass is 32.1. The van der Waals surface area contributed by atoms with Crippen LogP contribution in [0.15, 0.2) is 36.0 Å². The highest BCUT2D eigenvalue weighted by Crippen LogP contribution is 2.32. The lowest BCUT2D eigenvalue weighted by Gasteiger charge is -2.03. The first-order valence-electron chi connectivity index (χ1n) is 7.30. The number of aryl methyl sites for hydroxylation is 1. The normalized spacial score (nSPS) is 12.4. The molecule has 3 heterocycles. The summed E-state index contributed by atoms with van der Waals surface area (Å²) in [6.45, 7) is 0.222. The monoisotopic (exact) mass is 342 g/mol. The first kappa shape index (κ1) is 14.7. The summed E-state index contributed by atoms with van der Waals surface area (Å²) in [5.74, 6) is 2.02. The number of aromatic nitrogens is 3. The van der Waals surface area contributed by atoms with Crippen LogP contribution in [0.25, 0.3) is 11.5 Å². The molecule has 24 heavy (non-hydrogen) atoms. The number of carbonyl (C=O) groups excluding carboxylic acids is 1. The van der Waals surface area contributed by atoms with Crippen LogP contribution >= 0.6 is 11.3 Å². The third-order valence-electron chi connectivity index (χ3n) is 3.60. The first-order chi connectivity index (χ1) is 11.7. The van der Waals surface area contributed by atoms with E-state index >= 15 is 0 Å². The zero-order valence-electron chi connectivity index (χ0n) is 12.9. The van der Waals surface area contributed by atoms with E-state index in [9.17, 15) is 4.79 Å². The van der Waals surface area contributed by atoms with Gasteiger partial charge in [-0.2, -0.15) is 0 Å². The summed E-state index contributed by atoms with van der Waals surface area (Å²) in [6.07, 6.45) is 3.81. The highest BCUT2D eigenvalue weighted by molar-refractivity contribution is 7.14. The molecule has 3 aromatic rings. The number of carbonyl (C=O) groups is 1. The molecule has 0 saturated heterocycles. The number of benzene rings is 1. The number of amides is 1. The Hall–Kier alpha value is -2.87. The topological polar surface area (TPSA) is 78.3 Å². The zero-order chi connectivity index (χ0) is 16.5. The first-order valence-corrected chi connectivity index (χ1v) is 8.18. The molecule has 7 nitrogen and oxygen atoms in total. The van der Waals surface area contributed by atoms with Crippen LogP contribution in [-0.4, -0.2) is 27.2 Å².